The van der Waals surface area contributed by atoms with Crippen molar-refractivity contribution in [3.63, 3.8) is 0 Å². The van der Waals surface area contributed by atoms with E-state index in [1.165, 1.54) is 28.7 Å². The van der Waals surface area contributed by atoms with E-state index in [1.54, 1.807) is 0 Å². The molecule has 18 heavy (non-hydrogen) atoms. The summed E-state index contributed by atoms with van der Waals surface area (Å²) in [5, 5.41) is 0. The molecule has 0 heterocycles. The van der Waals surface area contributed by atoms with Crippen LogP contribution in [0.3, 0.4) is 0 Å². The van der Waals surface area contributed by atoms with Crippen molar-refractivity contribution in [3.8, 4) is 0 Å². The Bertz CT molecular complexity index is 556. The van der Waals surface area contributed by atoms with E-state index in [0.717, 1.165) is 12.8 Å². The van der Waals surface area contributed by atoms with Crippen LogP contribution in [0.2, 0.25) is 0 Å². The van der Waals surface area contributed by atoms with Gasteiger partial charge in [0, 0.05) is 0 Å². The molecule has 0 radical (unpaired) electrons. The smallest absolute Gasteiger partial charge is 0.0668 e. The van der Waals surface area contributed by atoms with Gasteiger partial charge in [0.25, 0.3) is 0 Å². The van der Waals surface area contributed by atoms with Crippen LogP contribution in [0, 0.1) is 6.92 Å². The SMILES string of the molecule is Cc1ccc(C2(N)CCCc3ccccc32)cc1. The van der Waals surface area contributed by atoms with E-state index in [9.17, 15) is 0 Å². The molecule has 1 aliphatic rings. The van der Waals surface area contributed by atoms with Crippen molar-refractivity contribution in [2.45, 2.75) is 31.7 Å². The summed E-state index contributed by atoms with van der Waals surface area (Å²) < 4.78 is 0. The molecule has 0 aliphatic heterocycles. The molecular weight excluding hydrogens is 218 g/mol. The highest BCUT2D eigenvalue weighted by molar-refractivity contribution is 5.44. The molecule has 2 aromatic rings. The van der Waals surface area contributed by atoms with Crippen molar-refractivity contribution < 1.29 is 0 Å². The van der Waals surface area contributed by atoms with E-state index >= 15 is 0 Å². The molecular formula is C17H19N. The summed E-state index contributed by atoms with van der Waals surface area (Å²) in [7, 11) is 0. The summed E-state index contributed by atoms with van der Waals surface area (Å²) in [5.74, 6) is 0. The Kier molecular flexibility index (Phi) is 2.71. The number of fused-ring (bicyclic) bond motifs is 1. The summed E-state index contributed by atoms with van der Waals surface area (Å²) in [6.45, 7) is 2.11. The third-order valence-corrected chi connectivity index (χ3v) is 4.08. The molecule has 0 saturated heterocycles. The van der Waals surface area contributed by atoms with Crippen molar-refractivity contribution in [1.82, 2.24) is 0 Å². The first-order valence-corrected chi connectivity index (χ1v) is 6.64. The summed E-state index contributed by atoms with van der Waals surface area (Å²) >= 11 is 0. The minimum absolute atomic E-state index is 0.303. The molecule has 92 valence electrons. The van der Waals surface area contributed by atoms with Crippen molar-refractivity contribution in [2.75, 3.05) is 0 Å². The maximum absolute atomic E-state index is 6.74. The molecule has 0 fully saturated rings. The lowest BCUT2D eigenvalue weighted by atomic mass is 9.73. The van der Waals surface area contributed by atoms with E-state index in [-0.39, 0.29) is 5.54 Å². The van der Waals surface area contributed by atoms with E-state index in [2.05, 4.69) is 55.5 Å². The van der Waals surface area contributed by atoms with Gasteiger partial charge >= 0.3 is 0 Å². The van der Waals surface area contributed by atoms with E-state index < -0.39 is 0 Å². The fourth-order valence-corrected chi connectivity index (χ4v) is 3.02. The Morgan fingerprint density at radius 1 is 1.00 bits per heavy atom. The van der Waals surface area contributed by atoms with Gasteiger partial charge in [-0.15, -0.1) is 0 Å². The second-order valence-electron chi connectivity index (χ2n) is 5.35. The Labute approximate surface area is 109 Å². The monoisotopic (exact) mass is 237 g/mol. The molecule has 3 rings (SSSR count). The second-order valence-corrected chi connectivity index (χ2v) is 5.35. The molecule has 2 N–H and O–H groups in total. The average Bonchev–Trinajstić information content (AvgIpc) is 2.40. The van der Waals surface area contributed by atoms with Crippen LogP contribution in [0.1, 0.15) is 35.1 Å². The molecule has 0 amide bonds. The third-order valence-electron chi connectivity index (χ3n) is 4.08. The Morgan fingerprint density at radius 2 is 1.72 bits per heavy atom. The largest absolute Gasteiger partial charge is 0.318 e. The Balaban J connectivity index is 2.13. The first-order chi connectivity index (χ1) is 8.70. The van der Waals surface area contributed by atoms with Gasteiger partial charge in [-0.1, -0.05) is 54.1 Å². The van der Waals surface area contributed by atoms with Crippen LogP contribution < -0.4 is 5.73 Å². The highest BCUT2D eigenvalue weighted by Crippen LogP contribution is 2.38. The first-order valence-electron chi connectivity index (χ1n) is 6.64. The minimum Gasteiger partial charge on any atom is -0.318 e. The third kappa shape index (κ3) is 1.75. The molecule has 2 aromatic carbocycles. The molecule has 0 spiro atoms. The number of aryl methyl sites for hydroxylation is 2. The number of hydrogen-bond donors (Lipinski definition) is 1. The first kappa shape index (κ1) is 11.5. The molecule has 1 unspecified atom stereocenters. The molecule has 1 atom stereocenters. The standard InChI is InChI=1S/C17H19N/c1-13-8-10-15(11-9-13)17(18)12-4-6-14-5-2-3-7-16(14)17/h2-3,5,7-11H,4,6,12,18H2,1H3. The van der Waals surface area contributed by atoms with Gasteiger partial charge in [-0.3, -0.25) is 0 Å². The number of nitrogens with two attached hydrogens (primary N) is 1. The maximum atomic E-state index is 6.74. The van der Waals surface area contributed by atoms with E-state index in [1.807, 2.05) is 0 Å². The van der Waals surface area contributed by atoms with Gasteiger partial charge in [0.1, 0.15) is 0 Å². The van der Waals surface area contributed by atoms with Gasteiger partial charge in [-0.2, -0.15) is 0 Å². The summed E-state index contributed by atoms with van der Waals surface area (Å²) in [6.07, 6.45) is 3.36. The van der Waals surface area contributed by atoms with Gasteiger partial charge < -0.3 is 5.73 Å². The Morgan fingerprint density at radius 3 is 2.50 bits per heavy atom. The highest BCUT2D eigenvalue weighted by atomic mass is 14.8. The van der Waals surface area contributed by atoms with Gasteiger partial charge in [-0.05, 0) is 42.9 Å². The summed E-state index contributed by atoms with van der Waals surface area (Å²) in [6, 6.07) is 17.3. The lowest BCUT2D eigenvalue weighted by molar-refractivity contribution is 0.442. The summed E-state index contributed by atoms with van der Waals surface area (Å²) in [5.41, 5.74) is 11.7. The van der Waals surface area contributed by atoms with Crippen LogP contribution in [0.15, 0.2) is 48.5 Å². The molecule has 0 bridgehead atoms. The van der Waals surface area contributed by atoms with Crippen LogP contribution >= 0.6 is 0 Å². The predicted molar refractivity (Wildman–Crippen MR) is 75.5 cm³/mol. The molecule has 1 heteroatoms. The van der Waals surface area contributed by atoms with Crippen molar-refractivity contribution >= 4 is 0 Å². The Hall–Kier alpha value is -1.60. The normalized spacial score (nSPS) is 22.6. The van der Waals surface area contributed by atoms with Gasteiger partial charge in [0.15, 0.2) is 0 Å². The average molecular weight is 237 g/mol. The zero-order valence-electron chi connectivity index (χ0n) is 10.8. The fraction of sp³-hybridized carbons (Fsp3) is 0.294. The number of rotatable bonds is 1. The van der Waals surface area contributed by atoms with Gasteiger partial charge in [0.05, 0.1) is 5.54 Å². The van der Waals surface area contributed by atoms with Crippen molar-refractivity contribution in [1.29, 1.82) is 0 Å². The number of benzene rings is 2. The van der Waals surface area contributed by atoms with Gasteiger partial charge in [0.2, 0.25) is 0 Å². The van der Waals surface area contributed by atoms with Crippen LogP contribution in [0.4, 0.5) is 0 Å². The quantitative estimate of drug-likeness (QED) is 0.806. The maximum Gasteiger partial charge on any atom is 0.0668 e. The lowest BCUT2D eigenvalue weighted by Gasteiger charge is -2.36. The molecule has 1 nitrogen and oxygen atoms in total. The van der Waals surface area contributed by atoms with Crippen LogP contribution in [-0.4, -0.2) is 0 Å². The lowest BCUT2D eigenvalue weighted by Crippen LogP contribution is -2.41. The summed E-state index contributed by atoms with van der Waals surface area (Å²) in [4.78, 5) is 0. The highest BCUT2D eigenvalue weighted by Gasteiger charge is 2.33. The van der Waals surface area contributed by atoms with Crippen LogP contribution in [0.5, 0.6) is 0 Å². The van der Waals surface area contributed by atoms with Crippen molar-refractivity contribution in [2.24, 2.45) is 5.73 Å². The molecule has 1 aliphatic carbocycles. The zero-order chi connectivity index (χ0) is 12.6. The van der Waals surface area contributed by atoms with E-state index in [0.29, 0.717) is 0 Å². The van der Waals surface area contributed by atoms with Crippen LogP contribution in [0.25, 0.3) is 0 Å². The predicted octanol–water partition coefficient (Wildman–Crippen LogP) is 3.53. The van der Waals surface area contributed by atoms with Crippen molar-refractivity contribution in [3.05, 3.63) is 70.8 Å². The molecule has 0 saturated carbocycles. The van der Waals surface area contributed by atoms with Gasteiger partial charge in [-0.25, -0.2) is 0 Å². The zero-order valence-corrected chi connectivity index (χ0v) is 10.8. The number of hydrogen-bond acceptors (Lipinski definition) is 1. The topological polar surface area (TPSA) is 26.0 Å². The van der Waals surface area contributed by atoms with E-state index in [4.69, 9.17) is 5.73 Å². The second kappa shape index (κ2) is 4.25. The van der Waals surface area contributed by atoms with Crippen LogP contribution in [-0.2, 0) is 12.0 Å². The fourth-order valence-electron chi connectivity index (χ4n) is 3.02. The minimum atomic E-state index is -0.303. The molecule has 0 aromatic heterocycles.